The summed E-state index contributed by atoms with van der Waals surface area (Å²) in [6.07, 6.45) is 0. The fourth-order valence-corrected chi connectivity index (χ4v) is 1.42. The molecule has 0 spiro atoms. The minimum atomic E-state index is -0.497. The SMILES string of the molecule is COC(=O)c1cc(-c2ccccc2)oc1N. The van der Waals surface area contributed by atoms with Gasteiger partial charge in [0.05, 0.1) is 7.11 Å². The summed E-state index contributed by atoms with van der Waals surface area (Å²) in [6.45, 7) is 0. The topological polar surface area (TPSA) is 65.5 Å². The molecule has 2 rings (SSSR count). The van der Waals surface area contributed by atoms with Crippen LogP contribution in [0.5, 0.6) is 0 Å². The van der Waals surface area contributed by atoms with Crippen molar-refractivity contribution in [1.29, 1.82) is 0 Å². The van der Waals surface area contributed by atoms with Gasteiger partial charge in [0, 0.05) is 11.6 Å². The Morgan fingerprint density at radius 1 is 1.31 bits per heavy atom. The average Bonchev–Trinajstić information content (AvgIpc) is 2.71. The third-order valence-electron chi connectivity index (χ3n) is 2.22. The first kappa shape index (κ1) is 10.3. The Bertz CT molecular complexity index is 502. The van der Waals surface area contributed by atoms with Crippen molar-refractivity contribution in [3.63, 3.8) is 0 Å². The predicted molar refractivity (Wildman–Crippen MR) is 59.9 cm³/mol. The van der Waals surface area contributed by atoms with Crippen LogP contribution < -0.4 is 5.73 Å². The third kappa shape index (κ3) is 1.77. The van der Waals surface area contributed by atoms with Crippen LogP contribution >= 0.6 is 0 Å². The molecule has 16 heavy (non-hydrogen) atoms. The summed E-state index contributed by atoms with van der Waals surface area (Å²) >= 11 is 0. The molecule has 0 bridgehead atoms. The van der Waals surface area contributed by atoms with Gasteiger partial charge in [0.15, 0.2) is 0 Å². The molecule has 0 aliphatic rings. The molecular formula is C12H11NO3. The molecule has 0 aliphatic carbocycles. The summed E-state index contributed by atoms with van der Waals surface area (Å²) in [5.41, 5.74) is 6.70. The second-order valence-corrected chi connectivity index (χ2v) is 3.25. The van der Waals surface area contributed by atoms with Crippen molar-refractivity contribution in [1.82, 2.24) is 0 Å². The highest BCUT2D eigenvalue weighted by atomic mass is 16.5. The molecule has 1 aromatic carbocycles. The molecule has 0 saturated carbocycles. The van der Waals surface area contributed by atoms with Crippen LogP contribution in [0.2, 0.25) is 0 Å². The van der Waals surface area contributed by atoms with E-state index >= 15 is 0 Å². The number of hydrogen-bond acceptors (Lipinski definition) is 4. The van der Waals surface area contributed by atoms with Crippen LogP contribution in [0.4, 0.5) is 5.88 Å². The minimum absolute atomic E-state index is 0.0747. The fourth-order valence-electron chi connectivity index (χ4n) is 1.42. The quantitative estimate of drug-likeness (QED) is 0.784. The molecule has 0 saturated heterocycles. The van der Waals surface area contributed by atoms with E-state index in [4.69, 9.17) is 10.2 Å². The number of hydrogen-bond donors (Lipinski definition) is 1. The molecule has 1 aromatic heterocycles. The summed E-state index contributed by atoms with van der Waals surface area (Å²) < 4.78 is 9.89. The fraction of sp³-hybridized carbons (Fsp3) is 0.0833. The lowest BCUT2D eigenvalue weighted by atomic mass is 10.1. The largest absolute Gasteiger partial charge is 0.465 e. The van der Waals surface area contributed by atoms with Crippen LogP contribution in [0, 0.1) is 0 Å². The van der Waals surface area contributed by atoms with E-state index in [9.17, 15) is 4.79 Å². The van der Waals surface area contributed by atoms with E-state index in [-0.39, 0.29) is 11.4 Å². The second-order valence-electron chi connectivity index (χ2n) is 3.25. The van der Waals surface area contributed by atoms with Gasteiger partial charge < -0.3 is 14.9 Å². The zero-order chi connectivity index (χ0) is 11.5. The maximum absolute atomic E-state index is 11.3. The number of anilines is 1. The van der Waals surface area contributed by atoms with Gasteiger partial charge >= 0.3 is 5.97 Å². The molecule has 0 radical (unpaired) electrons. The highest BCUT2D eigenvalue weighted by molar-refractivity contribution is 5.95. The van der Waals surface area contributed by atoms with Gasteiger partial charge in [0.2, 0.25) is 5.88 Å². The van der Waals surface area contributed by atoms with Crippen molar-refractivity contribution in [2.75, 3.05) is 12.8 Å². The molecule has 0 aliphatic heterocycles. The lowest BCUT2D eigenvalue weighted by Crippen LogP contribution is -2.02. The minimum Gasteiger partial charge on any atom is -0.465 e. The van der Waals surface area contributed by atoms with Gasteiger partial charge in [-0.05, 0) is 0 Å². The van der Waals surface area contributed by atoms with Crippen LogP contribution in [0.3, 0.4) is 0 Å². The Morgan fingerprint density at radius 3 is 2.62 bits per heavy atom. The average molecular weight is 217 g/mol. The first-order valence-corrected chi connectivity index (χ1v) is 4.75. The number of methoxy groups -OCH3 is 1. The number of esters is 1. The number of benzene rings is 1. The summed E-state index contributed by atoms with van der Waals surface area (Å²) in [6, 6.07) is 11.0. The maximum Gasteiger partial charge on any atom is 0.343 e. The standard InChI is InChI=1S/C12H11NO3/c1-15-12(14)9-7-10(16-11(9)13)8-5-3-2-4-6-8/h2-7H,13H2,1H3. The van der Waals surface area contributed by atoms with Gasteiger partial charge in [-0.3, -0.25) is 0 Å². The molecule has 2 N–H and O–H groups in total. The Balaban J connectivity index is 2.42. The van der Waals surface area contributed by atoms with Crippen LogP contribution in [0.15, 0.2) is 40.8 Å². The van der Waals surface area contributed by atoms with E-state index in [1.807, 2.05) is 30.3 Å². The van der Waals surface area contributed by atoms with E-state index < -0.39 is 5.97 Å². The van der Waals surface area contributed by atoms with Crippen molar-refractivity contribution in [3.8, 4) is 11.3 Å². The van der Waals surface area contributed by atoms with E-state index in [2.05, 4.69) is 4.74 Å². The van der Waals surface area contributed by atoms with E-state index in [1.165, 1.54) is 7.11 Å². The van der Waals surface area contributed by atoms with Gasteiger partial charge in [-0.25, -0.2) is 4.79 Å². The van der Waals surface area contributed by atoms with Crippen molar-refractivity contribution < 1.29 is 13.9 Å². The van der Waals surface area contributed by atoms with Crippen molar-refractivity contribution in [2.24, 2.45) is 0 Å². The monoisotopic (exact) mass is 217 g/mol. The number of nitrogen functional groups attached to an aromatic ring is 1. The van der Waals surface area contributed by atoms with Crippen molar-refractivity contribution in [3.05, 3.63) is 42.0 Å². The first-order valence-electron chi connectivity index (χ1n) is 4.75. The Kier molecular flexibility index (Phi) is 2.64. The van der Waals surface area contributed by atoms with Gasteiger partial charge in [0.25, 0.3) is 0 Å². The molecule has 82 valence electrons. The van der Waals surface area contributed by atoms with Crippen LogP contribution in [0.1, 0.15) is 10.4 Å². The maximum atomic E-state index is 11.3. The lowest BCUT2D eigenvalue weighted by molar-refractivity contribution is 0.0601. The first-order chi connectivity index (χ1) is 7.72. The van der Waals surface area contributed by atoms with Crippen LogP contribution in [-0.4, -0.2) is 13.1 Å². The molecule has 4 nitrogen and oxygen atoms in total. The molecule has 0 atom stereocenters. The number of nitrogens with two attached hydrogens (primary N) is 1. The summed E-state index contributed by atoms with van der Waals surface area (Å²) in [5, 5.41) is 0. The number of rotatable bonds is 2. The predicted octanol–water partition coefficient (Wildman–Crippen LogP) is 2.32. The second kappa shape index (κ2) is 4.10. The summed E-state index contributed by atoms with van der Waals surface area (Å²) in [5.74, 6) is 0.132. The van der Waals surface area contributed by atoms with Crippen molar-refractivity contribution >= 4 is 11.9 Å². The smallest absolute Gasteiger partial charge is 0.343 e. The van der Waals surface area contributed by atoms with Gasteiger partial charge in [0.1, 0.15) is 11.3 Å². The van der Waals surface area contributed by atoms with E-state index in [0.717, 1.165) is 5.56 Å². The van der Waals surface area contributed by atoms with Crippen molar-refractivity contribution in [2.45, 2.75) is 0 Å². The molecule has 2 aromatic rings. The van der Waals surface area contributed by atoms with E-state index in [0.29, 0.717) is 5.76 Å². The number of carbonyl (C=O) groups excluding carboxylic acids is 1. The normalized spacial score (nSPS) is 10.1. The molecular weight excluding hydrogens is 206 g/mol. The van der Waals surface area contributed by atoms with Gasteiger partial charge in [-0.1, -0.05) is 30.3 Å². The summed E-state index contributed by atoms with van der Waals surface area (Å²) in [7, 11) is 1.30. The Labute approximate surface area is 92.6 Å². The highest BCUT2D eigenvalue weighted by Gasteiger charge is 2.16. The zero-order valence-electron chi connectivity index (χ0n) is 8.77. The Morgan fingerprint density at radius 2 is 2.00 bits per heavy atom. The third-order valence-corrected chi connectivity index (χ3v) is 2.22. The zero-order valence-corrected chi connectivity index (χ0v) is 8.77. The molecule has 1 heterocycles. The number of furan rings is 1. The summed E-state index contributed by atoms with van der Waals surface area (Å²) in [4.78, 5) is 11.3. The molecule has 0 unspecified atom stereocenters. The van der Waals surface area contributed by atoms with Gasteiger partial charge in [-0.2, -0.15) is 0 Å². The molecule has 4 heteroatoms. The number of carbonyl (C=O) groups is 1. The van der Waals surface area contributed by atoms with Crippen LogP contribution in [0.25, 0.3) is 11.3 Å². The van der Waals surface area contributed by atoms with Gasteiger partial charge in [-0.15, -0.1) is 0 Å². The number of ether oxygens (including phenoxy) is 1. The highest BCUT2D eigenvalue weighted by Crippen LogP contribution is 2.27. The van der Waals surface area contributed by atoms with E-state index in [1.54, 1.807) is 6.07 Å². The lowest BCUT2D eigenvalue weighted by Gasteiger charge is -1.93. The Hall–Kier alpha value is -2.23. The molecule has 0 amide bonds. The molecule has 0 fully saturated rings. The van der Waals surface area contributed by atoms with Crippen LogP contribution in [-0.2, 0) is 4.74 Å².